The van der Waals surface area contributed by atoms with E-state index in [1.54, 1.807) is 6.92 Å². The fraction of sp³-hybridized carbons (Fsp3) is 1.00. The summed E-state index contributed by atoms with van der Waals surface area (Å²) >= 11 is 0. The Bertz CT molecular complexity index is 12.4. The van der Waals surface area contributed by atoms with Gasteiger partial charge in [-0.1, -0.05) is 0 Å². The molecular weight excluding hydrogens is 68.0 g/mol. The van der Waals surface area contributed by atoms with Crippen molar-refractivity contribution in [2.24, 2.45) is 0 Å². The van der Waals surface area contributed by atoms with Gasteiger partial charge in [0.1, 0.15) is 0 Å². The van der Waals surface area contributed by atoms with Gasteiger partial charge in [0.15, 0.2) is 0 Å². The Labute approximate surface area is 31.4 Å². The third kappa shape index (κ3) is 3.92. The molecule has 0 fully saturated rings. The lowest BCUT2D eigenvalue weighted by Crippen LogP contribution is -2.08. The fourth-order valence-electron chi connectivity index (χ4n) is 0.0833. The predicted molar refractivity (Wildman–Crippen MR) is 16.5 cm³/mol. The molecule has 0 aliphatic heterocycles. The minimum atomic E-state index is -0.406. The molecule has 0 spiro atoms. The van der Waals surface area contributed by atoms with Gasteiger partial charge in [-0.05, 0) is 13.7 Å². The number of rotatable bonds is 2. The molecule has 0 heterocycles. The van der Waals surface area contributed by atoms with Crippen LogP contribution in [0.15, 0.2) is 0 Å². The molecule has 5 heavy (non-hydrogen) atoms. The van der Waals surface area contributed by atoms with Gasteiger partial charge in [-0.3, -0.25) is 0 Å². The largest absolute Gasteiger partial charge is 0.834 e. The SMILES string of the molecule is CCOC[O-]. The van der Waals surface area contributed by atoms with Crippen LogP contribution in [0.1, 0.15) is 6.92 Å². The van der Waals surface area contributed by atoms with Gasteiger partial charge in [-0.15, -0.1) is 0 Å². The maximum atomic E-state index is 9.31. The van der Waals surface area contributed by atoms with Crippen molar-refractivity contribution in [3.63, 3.8) is 0 Å². The lowest BCUT2D eigenvalue weighted by Gasteiger charge is -1.98. The summed E-state index contributed by atoms with van der Waals surface area (Å²) in [6.45, 7) is 1.91. The van der Waals surface area contributed by atoms with Crippen LogP contribution in [0, 0.1) is 0 Å². The zero-order valence-electron chi connectivity index (χ0n) is 3.23. The maximum Gasteiger partial charge on any atom is 0.0419 e. The molecule has 0 rings (SSSR count). The maximum absolute atomic E-state index is 9.31. The standard InChI is InChI=1S/C3H7O2/c1-2-5-3-4/h2-3H2,1H3/q-1. The van der Waals surface area contributed by atoms with Crippen molar-refractivity contribution in [3.05, 3.63) is 0 Å². The quantitative estimate of drug-likeness (QED) is 0.408. The summed E-state index contributed by atoms with van der Waals surface area (Å²) in [5, 5.41) is 9.31. The zero-order valence-corrected chi connectivity index (χ0v) is 3.23. The molecule has 0 aromatic rings. The molecule has 2 heteroatoms. The summed E-state index contributed by atoms with van der Waals surface area (Å²) in [6.07, 6.45) is 0. The van der Waals surface area contributed by atoms with Gasteiger partial charge in [0.05, 0.1) is 0 Å². The Hall–Kier alpha value is -0.0800. The van der Waals surface area contributed by atoms with Crippen molar-refractivity contribution >= 4 is 0 Å². The molecule has 0 aliphatic carbocycles. The molecule has 0 aromatic heterocycles. The Kier molecular flexibility index (Phi) is 3.86. The van der Waals surface area contributed by atoms with Crippen LogP contribution < -0.4 is 5.11 Å². The Morgan fingerprint density at radius 3 is 2.40 bits per heavy atom. The van der Waals surface area contributed by atoms with Crippen molar-refractivity contribution in [2.45, 2.75) is 6.92 Å². The van der Waals surface area contributed by atoms with E-state index in [-0.39, 0.29) is 0 Å². The van der Waals surface area contributed by atoms with E-state index in [4.69, 9.17) is 0 Å². The molecule has 0 bridgehead atoms. The van der Waals surface area contributed by atoms with Gasteiger partial charge in [0.2, 0.25) is 0 Å². The highest BCUT2D eigenvalue weighted by molar-refractivity contribution is 3.97. The molecule has 0 saturated heterocycles. The number of ether oxygens (including phenoxy) is 1. The second kappa shape index (κ2) is 3.92. The summed E-state index contributed by atoms with van der Waals surface area (Å²) in [5.41, 5.74) is 0. The van der Waals surface area contributed by atoms with Gasteiger partial charge in [-0.2, -0.15) is 0 Å². The third-order valence-electron chi connectivity index (χ3n) is 0.287. The van der Waals surface area contributed by atoms with Crippen LogP contribution >= 0.6 is 0 Å². The number of hydrogen-bond acceptors (Lipinski definition) is 2. The minimum absolute atomic E-state index is 0.406. The van der Waals surface area contributed by atoms with E-state index >= 15 is 0 Å². The van der Waals surface area contributed by atoms with Gasteiger partial charge in [-0.25, -0.2) is 0 Å². The monoisotopic (exact) mass is 75.0 g/mol. The molecule has 32 valence electrons. The molecule has 0 saturated carbocycles. The van der Waals surface area contributed by atoms with Crippen molar-refractivity contribution in [1.82, 2.24) is 0 Å². The lowest BCUT2D eigenvalue weighted by molar-refractivity contribution is -0.430. The molecule has 0 aromatic carbocycles. The predicted octanol–water partition coefficient (Wildman–Crippen LogP) is -0.659. The van der Waals surface area contributed by atoms with Crippen molar-refractivity contribution in [1.29, 1.82) is 0 Å². The Balaban J connectivity index is 2.19. The van der Waals surface area contributed by atoms with Crippen LogP contribution in [0.25, 0.3) is 0 Å². The van der Waals surface area contributed by atoms with Crippen LogP contribution in [0.5, 0.6) is 0 Å². The highest BCUT2D eigenvalue weighted by Crippen LogP contribution is 1.57. The normalized spacial score (nSPS) is 8.40. The Morgan fingerprint density at radius 2 is 2.40 bits per heavy atom. The van der Waals surface area contributed by atoms with E-state index in [0.717, 1.165) is 0 Å². The second-order valence-electron chi connectivity index (χ2n) is 0.611. The van der Waals surface area contributed by atoms with Crippen LogP contribution in [0.4, 0.5) is 0 Å². The first-order valence-corrected chi connectivity index (χ1v) is 1.57. The van der Waals surface area contributed by atoms with Gasteiger partial charge >= 0.3 is 0 Å². The smallest absolute Gasteiger partial charge is 0.0419 e. The molecule has 0 aliphatic rings. The van der Waals surface area contributed by atoms with Gasteiger partial charge in [0, 0.05) is 6.61 Å². The first-order valence-electron chi connectivity index (χ1n) is 1.57. The van der Waals surface area contributed by atoms with E-state index in [9.17, 15) is 5.11 Å². The van der Waals surface area contributed by atoms with E-state index in [1.165, 1.54) is 0 Å². The first-order chi connectivity index (χ1) is 2.41. The van der Waals surface area contributed by atoms with Crippen LogP contribution in [-0.2, 0) is 4.74 Å². The van der Waals surface area contributed by atoms with Gasteiger partial charge in [0.25, 0.3) is 0 Å². The molecular formula is C3H7O2-. The van der Waals surface area contributed by atoms with Crippen LogP contribution in [-0.4, -0.2) is 13.4 Å². The average molecular weight is 75.1 g/mol. The zero-order chi connectivity index (χ0) is 4.12. The van der Waals surface area contributed by atoms with E-state index in [1.807, 2.05) is 0 Å². The number of hydrogen-bond donors (Lipinski definition) is 0. The van der Waals surface area contributed by atoms with Crippen molar-refractivity contribution in [3.8, 4) is 0 Å². The van der Waals surface area contributed by atoms with E-state index < -0.39 is 6.79 Å². The molecule has 0 amide bonds. The molecule has 0 radical (unpaired) electrons. The molecule has 0 atom stereocenters. The Morgan fingerprint density at radius 1 is 1.80 bits per heavy atom. The second-order valence-corrected chi connectivity index (χ2v) is 0.611. The fourth-order valence-corrected chi connectivity index (χ4v) is 0.0833. The van der Waals surface area contributed by atoms with E-state index in [0.29, 0.717) is 6.61 Å². The summed E-state index contributed by atoms with van der Waals surface area (Å²) in [4.78, 5) is 0. The third-order valence-corrected chi connectivity index (χ3v) is 0.287. The lowest BCUT2D eigenvalue weighted by atomic mass is 10.9. The van der Waals surface area contributed by atoms with Crippen molar-refractivity contribution < 1.29 is 9.84 Å². The van der Waals surface area contributed by atoms with Gasteiger partial charge < -0.3 is 9.84 Å². The average Bonchev–Trinajstić information content (AvgIpc) is 1.41. The highest BCUT2D eigenvalue weighted by Gasteiger charge is 1.57. The summed E-state index contributed by atoms with van der Waals surface area (Å²) < 4.78 is 4.28. The van der Waals surface area contributed by atoms with Crippen LogP contribution in [0.2, 0.25) is 0 Å². The minimum Gasteiger partial charge on any atom is -0.834 e. The topological polar surface area (TPSA) is 32.3 Å². The van der Waals surface area contributed by atoms with Crippen molar-refractivity contribution in [2.75, 3.05) is 13.4 Å². The highest BCUT2D eigenvalue weighted by atomic mass is 16.6. The summed E-state index contributed by atoms with van der Waals surface area (Å²) in [7, 11) is 0. The van der Waals surface area contributed by atoms with E-state index in [2.05, 4.69) is 4.74 Å². The molecule has 0 unspecified atom stereocenters. The molecule has 2 nitrogen and oxygen atoms in total. The van der Waals surface area contributed by atoms with Crippen LogP contribution in [0.3, 0.4) is 0 Å². The molecule has 0 N–H and O–H groups in total. The first kappa shape index (κ1) is 4.92. The summed E-state index contributed by atoms with van der Waals surface area (Å²) in [5.74, 6) is 0. The summed E-state index contributed by atoms with van der Waals surface area (Å²) in [6, 6.07) is 0.